The summed E-state index contributed by atoms with van der Waals surface area (Å²) < 4.78 is 41.0. The fourth-order valence-electron chi connectivity index (χ4n) is 9.83. The van der Waals surface area contributed by atoms with Gasteiger partial charge in [0.25, 0.3) is 0 Å². The SMILES string of the molecule is COC(=O)CCC1=C(CC(=O)OC)C2=NC1=CC1=NC(=C(C)C3=NC(=CC4=NC(=C2)C(CCC(=O)OC)C4(C)CC(=O)OC)C(CCC(=O)OC)C3(C)CC(=O)OC)C(CC(=O)OC)=C1CCC(=O)OC. The number of carbonyl (C=O) groups excluding carboxylic acids is 8. The van der Waals surface area contributed by atoms with E-state index in [1.807, 2.05) is 13.8 Å². The molecule has 0 aromatic carbocycles. The van der Waals surface area contributed by atoms with Crippen molar-refractivity contribution in [3.8, 4) is 0 Å². The zero-order chi connectivity index (χ0) is 52.4. The molecule has 0 aliphatic carbocycles. The summed E-state index contributed by atoms with van der Waals surface area (Å²) in [6, 6.07) is 0. The monoisotopic (exact) mass is 986 g/mol. The first-order chi connectivity index (χ1) is 33.7. The summed E-state index contributed by atoms with van der Waals surface area (Å²) in [6.45, 7) is 5.36. The van der Waals surface area contributed by atoms with E-state index in [4.69, 9.17) is 57.9 Å². The molecule has 382 valence electrons. The van der Waals surface area contributed by atoms with Crippen LogP contribution in [0.15, 0.2) is 88.9 Å². The lowest BCUT2D eigenvalue weighted by Crippen LogP contribution is -2.37. The number of allylic oxidation sites excluding steroid dienone is 9. The molecule has 71 heavy (non-hydrogen) atoms. The Kier molecular flexibility index (Phi) is 18.3. The lowest BCUT2D eigenvalue weighted by Gasteiger charge is -2.34. The van der Waals surface area contributed by atoms with Gasteiger partial charge in [-0.05, 0) is 78.7 Å². The highest BCUT2D eigenvalue weighted by Gasteiger charge is 2.52. The minimum absolute atomic E-state index is 0.0197. The first kappa shape index (κ1) is 54.8. The Balaban J connectivity index is 2.03. The fourth-order valence-corrected chi connectivity index (χ4v) is 9.83. The standard InChI is InChI=1S/C51H62N4O16/c1-27-48-31(21-45(61)69-9)29(13-17-41(57)65-5)35(54-48)22-34-28(12-16-40(56)64-4)30(20-44(60)68-8)36(52-34)23-37-32(14-18-42(58)66-6)50(2,25-46(62)70-10)39(53-37)24-38-33(15-19-43(59)67-7)51(3,49(27)55-38)26-47(63)71-11/h22-24,32-33H,12-21,25-26H2,1-11H3. The predicted octanol–water partition coefficient (Wildman–Crippen LogP) is 5.65. The molecule has 0 amide bonds. The number of nitrogens with zero attached hydrogens (tertiary/aromatic N) is 4. The summed E-state index contributed by atoms with van der Waals surface area (Å²) >= 11 is 0. The Hall–Kier alpha value is -7.12. The quantitative estimate of drug-likeness (QED) is 0.105. The van der Waals surface area contributed by atoms with Crippen LogP contribution in [0.5, 0.6) is 0 Å². The maximum absolute atomic E-state index is 13.6. The predicted molar refractivity (Wildman–Crippen MR) is 255 cm³/mol. The Labute approximate surface area is 412 Å². The van der Waals surface area contributed by atoms with Crippen LogP contribution >= 0.6 is 0 Å². The van der Waals surface area contributed by atoms with Gasteiger partial charge in [-0.2, -0.15) is 0 Å². The fraction of sp³-hybridized carbons (Fsp3) is 0.529. The van der Waals surface area contributed by atoms with Crippen molar-refractivity contribution < 1.29 is 76.3 Å². The maximum Gasteiger partial charge on any atom is 0.310 e. The van der Waals surface area contributed by atoms with E-state index in [0.29, 0.717) is 50.7 Å². The number of hydrogen-bond acceptors (Lipinski definition) is 20. The van der Waals surface area contributed by atoms with Crippen molar-refractivity contribution in [3.63, 3.8) is 0 Å². The number of methoxy groups -OCH3 is 8. The Morgan fingerprint density at radius 3 is 1.42 bits per heavy atom. The number of rotatable bonds is 20. The van der Waals surface area contributed by atoms with E-state index >= 15 is 0 Å². The number of ether oxygens (including phenoxy) is 8. The molecule has 0 aromatic rings. The van der Waals surface area contributed by atoms with Gasteiger partial charge in [0.1, 0.15) is 0 Å². The molecule has 4 unspecified atom stereocenters. The molecular weight excluding hydrogens is 925 g/mol. The molecule has 5 rings (SSSR count). The maximum atomic E-state index is 13.6. The highest BCUT2D eigenvalue weighted by atomic mass is 16.5. The molecule has 20 nitrogen and oxygen atoms in total. The highest BCUT2D eigenvalue weighted by molar-refractivity contribution is 6.19. The van der Waals surface area contributed by atoms with Crippen LogP contribution in [0.3, 0.4) is 0 Å². The van der Waals surface area contributed by atoms with Gasteiger partial charge in [-0.3, -0.25) is 48.3 Å². The van der Waals surface area contributed by atoms with Crippen LogP contribution in [0, 0.1) is 22.7 Å². The van der Waals surface area contributed by atoms with Crippen LogP contribution < -0.4 is 0 Å². The van der Waals surface area contributed by atoms with E-state index in [1.165, 1.54) is 56.9 Å². The second-order valence-corrected chi connectivity index (χ2v) is 17.8. The largest absolute Gasteiger partial charge is 0.469 e. The van der Waals surface area contributed by atoms with Crippen molar-refractivity contribution in [2.24, 2.45) is 42.6 Å². The number of fused-ring (bicyclic) bond motifs is 4. The first-order valence-corrected chi connectivity index (χ1v) is 23.0. The number of hydrogen-bond donors (Lipinski definition) is 0. The van der Waals surface area contributed by atoms with Crippen molar-refractivity contribution in [1.82, 2.24) is 0 Å². The van der Waals surface area contributed by atoms with Gasteiger partial charge in [-0.1, -0.05) is 13.8 Å². The van der Waals surface area contributed by atoms with Gasteiger partial charge in [-0.25, -0.2) is 9.98 Å². The smallest absolute Gasteiger partial charge is 0.310 e. The molecule has 5 heterocycles. The molecule has 0 N–H and O–H groups in total. The summed E-state index contributed by atoms with van der Waals surface area (Å²) in [4.78, 5) is 126. The topological polar surface area (TPSA) is 260 Å². The highest BCUT2D eigenvalue weighted by Crippen LogP contribution is 2.53. The summed E-state index contributed by atoms with van der Waals surface area (Å²) in [7, 11) is 10.0. The van der Waals surface area contributed by atoms with Crippen molar-refractivity contribution in [1.29, 1.82) is 0 Å². The van der Waals surface area contributed by atoms with Crippen LogP contribution in [0.1, 0.15) is 97.8 Å². The zero-order valence-electron chi connectivity index (χ0n) is 42.2. The number of esters is 8. The second kappa shape index (κ2) is 23.7. The van der Waals surface area contributed by atoms with E-state index in [0.717, 1.165) is 0 Å². The van der Waals surface area contributed by atoms with E-state index in [1.54, 1.807) is 25.2 Å². The van der Waals surface area contributed by atoms with Crippen molar-refractivity contribution in [3.05, 3.63) is 68.9 Å². The molecular formula is C51H62N4O16. The lowest BCUT2D eigenvalue weighted by atomic mass is 9.67. The van der Waals surface area contributed by atoms with Gasteiger partial charge in [-0.15, -0.1) is 0 Å². The molecule has 4 atom stereocenters. The summed E-state index contributed by atoms with van der Waals surface area (Å²) in [6.07, 6.45) is 3.72. The van der Waals surface area contributed by atoms with Crippen LogP contribution in [0.2, 0.25) is 0 Å². The Morgan fingerprint density at radius 1 is 0.465 bits per heavy atom. The Bertz CT molecular complexity index is 2590. The van der Waals surface area contributed by atoms with Crippen molar-refractivity contribution in [2.75, 3.05) is 56.9 Å². The van der Waals surface area contributed by atoms with Gasteiger partial charge >= 0.3 is 47.8 Å². The third kappa shape index (κ3) is 12.1. The molecule has 20 heteroatoms. The first-order valence-electron chi connectivity index (χ1n) is 23.0. The van der Waals surface area contributed by atoms with E-state index < -0.39 is 70.4 Å². The van der Waals surface area contributed by atoms with E-state index in [-0.39, 0.29) is 99.9 Å². The molecule has 0 spiro atoms. The van der Waals surface area contributed by atoms with Gasteiger partial charge in [0, 0.05) is 65.5 Å². The van der Waals surface area contributed by atoms with Gasteiger partial charge in [0.2, 0.25) is 0 Å². The van der Waals surface area contributed by atoms with Crippen LogP contribution in [-0.2, 0) is 76.3 Å². The lowest BCUT2D eigenvalue weighted by molar-refractivity contribution is -0.144. The minimum Gasteiger partial charge on any atom is -0.469 e. The minimum atomic E-state index is -1.24. The van der Waals surface area contributed by atoms with Crippen LogP contribution in [-0.4, -0.2) is 127 Å². The average molecular weight is 987 g/mol. The van der Waals surface area contributed by atoms with Gasteiger partial charge in [0.05, 0.1) is 111 Å². The summed E-state index contributed by atoms with van der Waals surface area (Å²) in [5, 5.41) is 0. The number of aliphatic imine (C=N–C) groups is 4. The molecule has 0 aromatic heterocycles. The number of carbonyl (C=O) groups is 8. The van der Waals surface area contributed by atoms with E-state index in [2.05, 4.69) is 0 Å². The normalized spacial score (nSPS) is 22.3. The van der Waals surface area contributed by atoms with E-state index in [9.17, 15) is 38.4 Å². The van der Waals surface area contributed by atoms with Gasteiger partial charge in [0.15, 0.2) is 0 Å². The third-order valence-electron chi connectivity index (χ3n) is 13.8. The van der Waals surface area contributed by atoms with Crippen molar-refractivity contribution >= 4 is 70.6 Å². The van der Waals surface area contributed by atoms with Crippen LogP contribution in [0.4, 0.5) is 0 Å². The molecule has 8 bridgehead atoms. The Morgan fingerprint density at radius 2 is 0.901 bits per heavy atom. The molecule has 5 aliphatic rings. The molecule has 0 radical (unpaired) electrons. The molecule has 0 saturated heterocycles. The van der Waals surface area contributed by atoms with Crippen LogP contribution in [0.25, 0.3) is 0 Å². The summed E-state index contributed by atoms with van der Waals surface area (Å²) in [5.41, 5.74) is 2.07. The molecule has 5 aliphatic heterocycles. The zero-order valence-corrected chi connectivity index (χ0v) is 42.2. The summed E-state index contributed by atoms with van der Waals surface area (Å²) in [5.74, 6) is -6.03. The third-order valence-corrected chi connectivity index (χ3v) is 13.8. The second-order valence-electron chi connectivity index (χ2n) is 17.8. The molecule has 0 fully saturated rings. The van der Waals surface area contributed by atoms with Gasteiger partial charge < -0.3 is 37.9 Å². The molecule has 0 saturated carbocycles. The van der Waals surface area contributed by atoms with Crippen molar-refractivity contribution in [2.45, 2.75) is 97.8 Å². The average Bonchev–Trinajstić information content (AvgIpc) is 4.02.